The largest absolute Gasteiger partial charge is 0.396 e. The van der Waals surface area contributed by atoms with Crippen molar-refractivity contribution in [3.63, 3.8) is 0 Å². The maximum atomic E-state index is 10.6. The van der Waals surface area contributed by atoms with Gasteiger partial charge in [-0.15, -0.1) is 6.58 Å². The van der Waals surface area contributed by atoms with E-state index in [2.05, 4.69) is 27.0 Å². The maximum absolute atomic E-state index is 10.6. The van der Waals surface area contributed by atoms with Gasteiger partial charge in [0, 0.05) is 6.61 Å². The first-order valence-electron chi connectivity index (χ1n) is 9.03. The highest BCUT2D eigenvalue weighted by Gasteiger charge is 2.56. The molecule has 4 N–H and O–H groups in total. The average molecular weight is 338 g/mol. The Kier molecular flexibility index (Phi) is 5.37. The van der Waals surface area contributed by atoms with Crippen molar-refractivity contribution in [1.29, 1.82) is 0 Å². The van der Waals surface area contributed by atoms with Crippen LogP contribution in [0.2, 0.25) is 0 Å². The predicted octanol–water partition coefficient (Wildman–Crippen LogP) is 2.42. The number of fused-ring (bicyclic) bond motifs is 1. The summed E-state index contributed by atoms with van der Waals surface area (Å²) in [5.41, 5.74) is -0.998. The molecule has 7 atom stereocenters. The van der Waals surface area contributed by atoms with Crippen LogP contribution in [0.1, 0.15) is 52.9 Å². The van der Waals surface area contributed by atoms with Crippen molar-refractivity contribution in [3.8, 4) is 0 Å². The molecule has 24 heavy (non-hydrogen) atoms. The van der Waals surface area contributed by atoms with Crippen LogP contribution in [0.25, 0.3) is 0 Å². The Hall–Kier alpha value is -0.680. The van der Waals surface area contributed by atoms with Crippen molar-refractivity contribution < 1.29 is 20.4 Å². The van der Waals surface area contributed by atoms with E-state index in [4.69, 9.17) is 0 Å². The second-order valence-electron chi connectivity index (χ2n) is 8.78. The highest BCUT2D eigenvalue weighted by atomic mass is 16.3. The van der Waals surface area contributed by atoms with Crippen molar-refractivity contribution >= 4 is 0 Å². The van der Waals surface area contributed by atoms with Crippen LogP contribution in [0.5, 0.6) is 0 Å². The molecule has 0 spiro atoms. The van der Waals surface area contributed by atoms with Crippen molar-refractivity contribution in [2.24, 2.45) is 22.7 Å². The van der Waals surface area contributed by atoms with Crippen LogP contribution in [0.4, 0.5) is 0 Å². The Morgan fingerprint density at radius 2 is 2.00 bits per heavy atom. The molecule has 2 rings (SSSR count). The summed E-state index contributed by atoms with van der Waals surface area (Å²) in [5, 5.41) is 41.4. The zero-order valence-corrected chi connectivity index (χ0v) is 15.3. The molecule has 0 bridgehead atoms. The molecule has 0 aromatic rings. The minimum absolute atomic E-state index is 0.0983. The Morgan fingerprint density at radius 1 is 1.38 bits per heavy atom. The van der Waals surface area contributed by atoms with E-state index in [0.29, 0.717) is 12.8 Å². The van der Waals surface area contributed by atoms with Crippen LogP contribution in [0.3, 0.4) is 0 Å². The molecule has 4 heteroatoms. The summed E-state index contributed by atoms with van der Waals surface area (Å²) < 4.78 is 0. The van der Waals surface area contributed by atoms with E-state index in [1.54, 1.807) is 6.92 Å². The second kappa shape index (κ2) is 6.56. The molecule has 0 aliphatic heterocycles. The minimum Gasteiger partial charge on any atom is -0.396 e. The molecule has 2 aliphatic carbocycles. The summed E-state index contributed by atoms with van der Waals surface area (Å²) in [6.07, 6.45) is 3.64. The topological polar surface area (TPSA) is 80.9 Å². The molecular weight excluding hydrogens is 304 g/mol. The molecule has 0 saturated heterocycles. The van der Waals surface area contributed by atoms with Gasteiger partial charge in [0.1, 0.15) is 5.60 Å². The fourth-order valence-electron chi connectivity index (χ4n) is 5.23. The van der Waals surface area contributed by atoms with Gasteiger partial charge < -0.3 is 20.4 Å². The number of aliphatic hydroxyl groups is 4. The summed E-state index contributed by atoms with van der Waals surface area (Å²) >= 11 is 0. The van der Waals surface area contributed by atoms with Gasteiger partial charge in [-0.2, -0.15) is 0 Å². The van der Waals surface area contributed by atoms with E-state index in [9.17, 15) is 20.4 Å². The van der Waals surface area contributed by atoms with Crippen LogP contribution < -0.4 is 0 Å². The lowest BCUT2D eigenvalue weighted by Crippen LogP contribution is -2.56. The maximum Gasteiger partial charge on any atom is 0.105 e. The molecule has 0 heterocycles. The number of hydrogen-bond donors (Lipinski definition) is 4. The highest BCUT2D eigenvalue weighted by molar-refractivity contribution is 5.21. The van der Waals surface area contributed by atoms with E-state index < -0.39 is 17.8 Å². The molecule has 0 unspecified atom stereocenters. The second-order valence-corrected chi connectivity index (χ2v) is 8.78. The lowest BCUT2D eigenvalue weighted by Gasteiger charge is -2.59. The first-order chi connectivity index (χ1) is 11.0. The summed E-state index contributed by atoms with van der Waals surface area (Å²) in [5.74, 6) is 0.0639. The Morgan fingerprint density at radius 3 is 2.54 bits per heavy atom. The van der Waals surface area contributed by atoms with Crippen molar-refractivity contribution in [3.05, 3.63) is 24.8 Å². The normalized spacial score (nSPS) is 43.6. The third-order valence-corrected chi connectivity index (χ3v) is 7.14. The molecule has 4 nitrogen and oxygen atoms in total. The van der Waals surface area contributed by atoms with E-state index >= 15 is 0 Å². The van der Waals surface area contributed by atoms with E-state index in [-0.39, 0.29) is 29.3 Å². The van der Waals surface area contributed by atoms with E-state index in [1.165, 1.54) is 6.08 Å². The lowest BCUT2D eigenvalue weighted by molar-refractivity contribution is -0.123. The molecular formula is C20H34O4. The molecule has 0 aromatic heterocycles. The lowest BCUT2D eigenvalue weighted by atomic mass is 9.46. The zero-order valence-electron chi connectivity index (χ0n) is 15.3. The van der Waals surface area contributed by atoms with Gasteiger partial charge in [0.2, 0.25) is 0 Å². The molecule has 0 radical (unpaired) electrons. The van der Waals surface area contributed by atoms with Crippen LogP contribution in [0.15, 0.2) is 24.8 Å². The quantitative estimate of drug-likeness (QED) is 0.580. The third-order valence-electron chi connectivity index (χ3n) is 7.14. The standard InChI is InChI=1S/C20H34O4/c1-6-20(5,24)17(23)10-14-13(2)15(22)11-16-18(3,12-21)8-7-9-19(14,16)4/h6,14-17,21-24H,1-2,7-12H2,3-5H3/t14-,15-,16-,17-,18-,19+,20-/m1/s1. The summed E-state index contributed by atoms with van der Waals surface area (Å²) in [7, 11) is 0. The molecule has 0 amide bonds. The monoisotopic (exact) mass is 338 g/mol. The first kappa shape index (κ1) is 19.6. The number of aliphatic hydroxyl groups excluding tert-OH is 3. The molecule has 2 aliphatic rings. The fraction of sp³-hybridized carbons (Fsp3) is 0.800. The Balaban J connectivity index is 2.37. The average Bonchev–Trinajstić information content (AvgIpc) is 2.53. The van der Waals surface area contributed by atoms with Gasteiger partial charge in [-0.25, -0.2) is 0 Å². The summed E-state index contributed by atoms with van der Waals surface area (Å²) in [6, 6.07) is 0. The van der Waals surface area contributed by atoms with Gasteiger partial charge in [0.05, 0.1) is 12.2 Å². The molecule has 2 fully saturated rings. The number of rotatable bonds is 5. The van der Waals surface area contributed by atoms with Gasteiger partial charge in [0.15, 0.2) is 0 Å². The van der Waals surface area contributed by atoms with Crippen molar-refractivity contribution in [2.45, 2.75) is 70.7 Å². The predicted molar refractivity (Wildman–Crippen MR) is 95.3 cm³/mol. The zero-order chi connectivity index (χ0) is 18.3. The summed E-state index contributed by atoms with van der Waals surface area (Å²) in [4.78, 5) is 0. The van der Waals surface area contributed by atoms with Gasteiger partial charge in [-0.3, -0.25) is 0 Å². The van der Waals surface area contributed by atoms with Gasteiger partial charge in [0.25, 0.3) is 0 Å². The van der Waals surface area contributed by atoms with Gasteiger partial charge >= 0.3 is 0 Å². The van der Waals surface area contributed by atoms with Crippen LogP contribution in [-0.4, -0.2) is 44.8 Å². The van der Waals surface area contributed by atoms with Gasteiger partial charge in [-0.1, -0.05) is 32.9 Å². The van der Waals surface area contributed by atoms with Crippen molar-refractivity contribution in [2.75, 3.05) is 6.61 Å². The van der Waals surface area contributed by atoms with Crippen LogP contribution in [-0.2, 0) is 0 Å². The van der Waals surface area contributed by atoms with Crippen LogP contribution in [0, 0.1) is 22.7 Å². The van der Waals surface area contributed by atoms with Crippen molar-refractivity contribution in [1.82, 2.24) is 0 Å². The Bertz CT molecular complexity index is 500. The SMILES string of the molecule is C=C[C@@](C)(O)[C@H](O)C[C@@H]1C(=C)[C@H](O)C[C@@H]2[C@@](C)(CO)CCC[C@@]12C. The highest BCUT2D eigenvalue weighted by Crippen LogP contribution is 2.61. The van der Waals surface area contributed by atoms with Gasteiger partial charge in [-0.05, 0) is 60.8 Å². The smallest absolute Gasteiger partial charge is 0.105 e. The molecule has 0 aromatic carbocycles. The first-order valence-corrected chi connectivity index (χ1v) is 9.03. The van der Waals surface area contributed by atoms with E-state index in [0.717, 1.165) is 24.8 Å². The third kappa shape index (κ3) is 3.10. The fourth-order valence-corrected chi connectivity index (χ4v) is 5.23. The Labute approximate surface area is 145 Å². The molecule has 138 valence electrons. The number of hydrogen-bond acceptors (Lipinski definition) is 4. The molecule has 2 saturated carbocycles. The van der Waals surface area contributed by atoms with E-state index in [1.807, 2.05) is 0 Å². The summed E-state index contributed by atoms with van der Waals surface area (Å²) in [6.45, 7) is 13.7. The minimum atomic E-state index is -1.37. The van der Waals surface area contributed by atoms with Crippen LogP contribution >= 0.6 is 0 Å².